The summed E-state index contributed by atoms with van der Waals surface area (Å²) in [6.07, 6.45) is 3.11. The van der Waals surface area contributed by atoms with Crippen LogP contribution < -0.4 is 16.6 Å². The van der Waals surface area contributed by atoms with Gasteiger partial charge in [0.1, 0.15) is 28.3 Å². The van der Waals surface area contributed by atoms with Crippen LogP contribution in [0.25, 0.3) is 33.4 Å². The lowest BCUT2D eigenvalue weighted by molar-refractivity contribution is 0.0682. The fourth-order valence-corrected chi connectivity index (χ4v) is 4.11. The van der Waals surface area contributed by atoms with E-state index in [9.17, 15) is 19.8 Å². The molecule has 0 fully saturated rings. The lowest BCUT2D eigenvalue weighted by Gasteiger charge is -2.16. The minimum absolute atomic E-state index is 0.213. The number of aromatic hydroxyl groups is 2. The van der Waals surface area contributed by atoms with Crippen LogP contribution >= 0.6 is 0 Å². The molecule has 8 N–H and O–H groups in total. The van der Waals surface area contributed by atoms with Gasteiger partial charge in [0, 0.05) is 23.9 Å². The Morgan fingerprint density at radius 1 is 0.825 bits per heavy atom. The molecule has 5 rings (SSSR count). The zero-order valence-electron chi connectivity index (χ0n) is 20.6. The Bertz CT molecular complexity index is 1830. The molecule has 0 spiro atoms. The van der Waals surface area contributed by atoms with E-state index in [2.05, 4.69) is 10.3 Å². The van der Waals surface area contributed by atoms with Crippen molar-refractivity contribution in [3.05, 3.63) is 102 Å². The van der Waals surface area contributed by atoms with Crippen LogP contribution in [0.5, 0.6) is 11.5 Å². The van der Waals surface area contributed by atoms with Gasteiger partial charge in [-0.05, 0) is 52.7 Å². The Morgan fingerprint density at radius 2 is 1.50 bits per heavy atom. The maximum atomic E-state index is 11.2. The average molecular weight is 539 g/mol. The summed E-state index contributed by atoms with van der Waals surface area (Å²) >= 11 is 0. The number of rotatable bonds is 7. The van der Waals surface area contributed by atoms with Crippen molar-refractivity contribution in [1.29, 1.82) is 0 Å². The molecule has 40 heavy (non-hydrogen) atoms. The van der Waals surface area contributed by atoms with Gasteiger partial charge < -0.3 is 26.2 Å². The first-order valence-electron chi connectivity index (χ1n) is 11.7. The van der Waals surface area contributed by atoms with Crippen molar-refractivity contribution < 1.29 is 30.0 Å². The molecule has 200 valence electrons. The third kappa shape index (κ3) is 4.97. The van der Waals surface area contributed by atoms with Crippen LogP contribution in [0.4, 0.5) is 5.69 Å². The first-order valence-corrected chi connectivity index (χ1v) is 11.7. The summed E-state index contributed by atoms with van der Waals surface area (Å²) in [7, 11) is 0. The number of carboxylic acid groups (broad SMARTS) is 2. The molecule has 0 unspecified atom stereocenters. The molecule has 0 saturated carbocycles. The van der Waals surface area contributed by atoms with E-state index in [1.54, 1.807) is 6.20 Å². The summed E-state index contributed by atoms with van der Waals surface area (Å²) in [5, 5.41) is 49.4. The van der Waals surface area contributed by atoms with E-state index in [4.69, 9.17) is 21.8 Å². The summed E-state index contributed by atoms with van der Waals surface area (Å²) in [5.74, 6) is 2.79. The predicted molar refractivity (Wildman–Crippen MR) is 147 cm³/mol. The molecule has 0 amide bonds. The Kier molecular flexibility index (Phi) is 6.51. The van der Waals surface area contributed by atoms with E-state index in [-0.39, 0.29) is 16.9 Å². The Hall–Kier alpha value is -5.88. The smallest absolute Gasteiger partial charge is 0.339 e. The minimum Gasteiger partial charge on any atom is -0.507 e. The summed E-state index contributed by atoms with van der Waals surface area (Å²) in [6, 6.07) is 19.4. The van der Waals surface area contributed by atoms with Crippen molar-refractivity contribution in [2.75, 3.05) is 5.01 Å². The molecule has 0 atom stereocenters. The van der Waals surface area contributed by atoms with E-state index in [0.717, 1.165) is 16.3 Å². The SMILES string of the molecule is N/C(=C\N(N)c1ccc(C(=O)O)c(O)c1)c1ccc2ccc(-c3cn(-c4ccc(C(=O)O)c(O)c4)nn3)cc2c1. The van der Waals surface area contributed by atoms with Crippen LogP contribution in [-0.2, 0) is 0 Å². The maximum absolute atomic E-state index is 11.2. The number of aromatic carboxylic acids is 2. The van der Waals surface area contributed by atoms with Gasteiger partial charge in [-0.2, -0.15) is 0 Å². The first-order chi connectivity index (χ1) is 19.1. The van der Waals surface area contributed by atoms with E-state index in [1.807, 2.05) is 36.4 Å². The summed E-state index contributed by atoms with van der Waals surface area (Å²) < 4.78 is 1.43. The van der Waals surface area contributed by atoms with E-state index >= 15 is 0 Å². The highest BCUT2D eigenvalue weighted by Gasteiger charge is 2.14. The van der Waals surface area contributed by atoms with Crippen LogP contribution in [0.1, 0.15) is 26.3 Å². The molecule has 4 aromatic carbocycles. The fourth-order valence-electron chi connectivity index (χ4n) is 4.11. The Labute approximate surface area is 226 Å². The summed E-state index contributed by atoms with van der Waals surface area (Å²) in [6.45, 7) is 0. The van der Waals surface area contributed by atoms with Gasteiger partial charge in [0.15, 0.2) is 0 Å². The highest BCUT2D eigenvalue weighted by Crippen LogP contribution is 2.28. The molecule has 12 heteroatoms. The van der Waals surface area contributed by atoms with Crippen LogP contribution in [0.3, 0.4) is 0 Å². The third-order valence-corrected chi connectivity index (χ3v) is 6.23. The van der Waals surface area contributed by atoms with Gasteiger partial charge in [0.2, 0.25) is 0 Å². The maximum Gasteiger partial charge on any atom is 0.339 e. The lowest BCUT2D eigenvalue weighted by Crippen LogP contribution is -2.25. The van der Waals surface area contributed by atoms with Crippen molar-refractivity contribution in [3.63, 3.8) is 0 Å². The quantitative estimate of drug-likeness (QED) is 0.131. The molecule has 0 aliphatic rings. The molecular weight excluding hydrogens is 516 g/mol. The zero-order chi connectivity index (χ0) is 28.6. The fraction of sp³-hybridized carbons (Fsp3) is 0. The van der Waals surface area contributed by atoms with Gasteiger partial charge in [-0.25, -0.2) is 20.1 Å². The normalized spacial score (nSPS) is 11.5. The van der Waals surface area contributed by atoms with Crippen LogP contribution in [0.2, 0.25) is 0 Å². The molecule has 5 aromatic rings. The van der Waals surface area contributed by atoms with Crippen molar-refractivity contribution in [2.45, 2.75) is 0 Å². The molecule has 1 heterocycles. The number of nitrogens with two attached hydrogens (primary N) is 2. The number of phenols is 2. The summed E-state index contributed by atoms with van der Waals surface area (Å²) in [4.78, 5) is 22.3. The van der Waals surface area contributed by atoms with E-state index in [0.29, 0.717) is 28.3 Å². The second kappa shape index (κ2) is 10.1. The van der Waals surface area contributed by atoms with Gasteiger partial charge in [0.25, 0.3) is 0 Å². The van der Waals surface area contributed by atoms with Crippen LogP contribution in [0, 0.1) is 0 Å². The second-order valence-corrected chi connectivity index (χ2v) is 8.83. The van der Waals surface area contributed by atoms with Crippen molar-refractivity contribution >= 4 is 34.1 Å². The zero-order valence-corrected chi connectivity index (χ0v) is 20.6. The number of aromatic nitrogens is 3. The van der Waals surface area contributed by atoms with Gasteiger partial charge in [-0.1, -0.05) is 29.5 Å². The molecule has 0 saturated heterocycles. The number of anilines is 1. The third-order valence-electron chi connectivity index (χ3n) is 6.23. The first kappa shape index (κ1) is 25.8. The summed E-state index contributed by atoms with van der Waals surface area (Å²) in [5.41, 5.74) is 8.93. The average Bonchev–Trinajstić information content (AvgIpc) is 3.42. The number of hydrazine groups is 1. The molecule has 0 bridgehead atoms. The largest absolute Gasteiger partial charge is 0.507 e. The molecule has 0 radical (unpaired) electrons. The number of benzene rings is 4. The van der Waals surface area contributed by atoms with E-state index in [1.165, 1.54) is 52.3 Å². The number of carbonyl (C=O) groups is 2. The number of hydrogen-bond donors (Lipinski definition) is 6. The molecule has 0 aliphatic heterocycles. The molecular formula is C28H22N6O6. The van der Waals surface area contributed by atoms with Gasteiger partial charge in [-0.15, -0.1) is 5.10 Å². The van der Waals surface area contributed by atoms with Crippen LogP contribution in [-0.4, -0.2) is 47.4 Å². The van der Waals surface area contributed by atoms with Crippen LogP contribution in [0.15, 0.2) is 85.2 Å². The minimum atomic E-state index is -1.26. The van der Waals surface area contributed by atoms with Crippen molar-refractivity contribution in [2.24, 2.45) is 11.6 Å². The van der Waals surface area contributed by atoms with Gasteiger partial charge >= 0.3 is 11.9 Å². The number of fused-ring (bicyclic) bond motifs is 1. The standard InChI is InChI=1S/C28H22N6O6/c29-23(13-33(30)19-5-7-21(27(37)38)25(35)11-19)16-3-1-15-2-4-17(10-18(15)9-16)24-14-34(32-31-24)20-6-8-22(28(39)40)26(36)12-20/h1-14,35-36H,29-30H2,(H,37,38)(H,39,40)/b23-13-. The number of hydrogen-bond acceptors (Lipinski definition) is 9. The molecule has 12 nitrogen and oxygen atoms in total. The number of nitrogens with zero attached hydrogens (tertiary/aromatic N) is 4. The van der Waals surface area contributed by atoms with Crippen molar-refractivity contribution in [3.8, 4) is 28.4 Å². The molecule has 0 aliphatic carbocycles. The van der Waals surface area contributed by atoms with Crippen molar-refractivity contribution in [1.82, 2.24) is 15.0 Å². The lowest BCUT2D eigenvalue weighted by atomic mass is 10.0. The monoisotopic (exact) mass is 538 g/mol. The second-order valence-electron chi connectivity index (χ2n) is 8.83. The van der Waals surface area contributed by atoms with Gasteiger partial charge in [-0.3, -0.25) is 5.01 Å². The predicted octanol–water partition coefficient (Wildman–Crippen LogP) is 3.53. The molecule has 1 aromatic heterocycles. The Morgan fingerprint density at radius 3 is 2.17 bits per heavy atom. The number of carboxylic acids is 2. The van der Waals surface area contributed by atoms with Gasteiger partial charge in [0.05, 0.1) is 23.3 Å². The van der Waals surface area contributed by atoms with E-state index < -0.39 is 17.7 Å². The highest BCUT2D eigenvalue weighted by molar-refractivity contribution is 5.92. The topological polar surface area (TPSA) is 201 Å². The highest BCUT2D eigenvalue weighted by atomic mass is 16.4. The Balaban J connectivity index is 1.41.